The van der Waals surface area contributed by atoms with Gasteiger partial charge in [0.05, 0.1) is 0 Å². The molecule has 1 saturated heterocycles. The molecule has 0 atom stereocenters. The van der Waals surface area contributed by atoms with Crippen molar-refractivity contribution >= 4 is 5.91 Å². The maximum atomic E-state index is 9.79. The molecule has 3 radical (unpaired) electrons. The van der Waals surface area contributed by atoms with Gasteiger partial charge < -0.3 is 5.32 Å². The first-order chi connectivity index (χ1) is 2.39. The molecule has 1 fully saturated rings. The van der Waals surface area contributed by atoms with Crippen LogP contribution in [0.2, 0.25) is 0 Å². The quantitative estimate of drug-likeness (QED) is 0.378. The van der Waals surface area contributed by atoms with Crippen molar-refractivity contribution < 1.29 is 4.79 Å². The molecule has 3 nitrogen and oxygen atoms in total. The molecular formula is C3H5N2O. The Labute approximate surface area is 36.3 Å². The van der Waals surface area contributed by atoms with Crippen molar-refractivity contribution in [1.82, 2.24) is 11.5 Å². The number of carbonyl (C=O) groups is 1. The predicted octanol–water partition coefficient (Wildman–Crippen LogP) is -0.974. The molecule has 1 aliphatic heterocycles. The number of nitrogens with zero attached hydrogens (tertiary/aromatic N) is 1. The molecule has 0 aromatic carbocycles. The number of hydrogen-bond acceptors (Lipinski definition) is 1. The molecule has 0 saturated carbocycles. The van der Waals surface area contributed by atoms with Gasteiger partial charge in [-0.05, 0) is 0 Å². The highest BCUT2D eigenvalue weighted by Crippen LogP contribution is 1.85. The van der Waals surface area contributed by atoms with Gasteiger partial charge in [0.15, 0.2) is 0 Å². The number of hydrogen-bond donors (Lipinski definition) is 1. The zero-order chi connectivity index (χ0) is 3.70. The minimum absolute atomic E-state index is 0. The van der Waals surface area contributed by atoms with Gasteiger partial charge in [0.25, 0.3) is 0 Å². The van der Waals surface area contributed by atoms with Crippen LogP contribution in [0.15, 0.2) is 0 Å². The number of carbonyl (C=O) groups excluding carboxylic acids is 1. The van der Waals surface area contributed by atoms with Gasteiger partial charge in [0.1, 0.15) is 0 Å². The minimum atomic E-state index is 0. The van der Waals surface area contributed by atoms with Crippen LogP contribution in [-0.4, -0.2) is 12.5 Å². The van der Waals surface area contributed by atoms with E-state index in [0.29, 0.717) is 0 Å². The van der Waals surface area contributed by atoms with Crippen LogP contribution in [0.5, 0.6) is 0 Å². The molecule has 0 unspecified atom stereocenters. The van der Waals surface area contributed by atoms with Gasteiger partial charge in [-0.2, -0.15) is 0 Å². The molecule has 1 N–H and O–H groups in total. The van der Waals surface area contributed by atoms with Crippen molar-refractivity contribution in [3.63, 3.8) is 0 Å². The lowest BCUT2D eigenvalue weighted by atomic mass is 10.3. The molecule has 1 heterocycles. The summed E-state index contributed by atoms with van der Waals surface area (Å²) in [5.74, 6) is 0.185. The van der Waals surface area contributed by atoms with Crippen molar-refractivity contribution in [2.75, 3.05) is 6.54 Å². The Morgan fingerprint density at radius 3 is 2.00 bits per heavy atom. The molecule has 1 amide bonds. The van der Waals surface area contributed by atoms with Crippen LogP contribution in [0, 0.1) is 0 Å². The highest BCUT2D eigenvalue weighted by atomic mass is 16.2. The summed E-state index contributed by atoms with van der Waals surface area (Å²) in [6.07, 6.45) is 0.736. The standard InChI is InChI=1S/C3H5NO.N/c5-3-1-2-4-3;/h1-2H2,(H,4,5);. The fourth-order valence-electron chi connectivity index (χ4n) is 0.227. The van der Waals surface area contributed by atoms with E-state index in [-0.39, 0.29) is 12.1 Å². The average molecular weight is 85.1 g/mol. The Balaban J connectivity index is 0.000000250. The van der Waals surface area contributed by atoms with Crippen LogP contribution in [-0.2, 0) is 4.79 Å². The minimum Gasteiger partial charge on any atom is -0.356 e. The van der Waals surface area contributed by atoms with Crippen LogP contribution < -0.4 is 11.5 Å². The van der Waals surface area contributed by atoms with Gasteiger partial charge in [0.2, 0.25) is 5.91 Å². The first kappa shape index (κ1) is 5.43. The fraction of sp³-hybridized carbons (Fsp3) is 0.667. The van der Waals surface area contributed by atoms with Crippen LogP contribution in [0.3, 0.4) is 0 Å². The van der Waals surface area contributed by atoms with E-state index in [2.05, 4.69) is 5.32 Å². The van der Waals surface area contributed by atoms with E-state index >= 15 is 0 Å². The second kappa shape index (κ2) is 1.77. The number of nitrogens with one attached hydrogen (secondary N) is 1. The van der Waals surface area contributed by atoms with E-state index in [9.17, 15) is 4.79 Å². The summed E-state index contributed by atoms with van der Waals surface area (Å²) in [7, 11) is 0. The lowest BCUT2D eigenvalue weighted by Crippen LogP contribution is -2.37. The van der Waals surface area contributed by atoms with Gasteiger partial charge >= 0.3 is 0 Å². The summed E-state index contributed by atoms with van der Waals surface area (Å²) in [6.45, 7) is 0.888. The largest absolute Gasteiger partial charge is 0.356 e. The van der Waals surface area contributed by atoms with E-state index in [1.807, 2.05) is 0 Å². The van der Waals surface area contributed by atoms with Crippen molar-refractivity contribution in [2.24, 2.45) is 0 Å². The van der Waals surface area contributed by atoms with Crippen LogP contribution in [0.25, 0.3) is 0 Å². The summed E-state index contributed by atoms with van der Waals surface area (Å²) >= 11 is 0. The van der Waals surface area contributed by atoms with Gasteiger partial charge in [-0.15, -0.1) is 0 Å². The highest BCUT2D eigenvalue weighted by Gasteiger charge is 2.07. The number of β-lactam (4-membered cyclic amide) rings is 1. The van der Waals surface area contributed by atoms with Gasteiger partial charge in [0, 0.05) is 19.1 Å². The zero-order valence-corrected chi connectivity index (χ0v) is 3.27. The third-order valence-corrected chi connectivity index (χ3v) is 0.674. The van der Waals surface area contributed by atoms with Crippen molar-refractivity contribution in [2.45, 2.75) is 6.42 Å². The molecule has 1 rings (SSSR count). The summed E-state index contributed by atoms with van der Waals surface area (Å²) in [6, 6.07) is 0. The zero-order valence-electron chi connectivity index (χ0n) is 3.27. The SMILES string of the molecule is O=C1CCN1.[N]. The highest BCUT2D eigenvalue weighted by molar-refractivity contribution is 5.81. The Bertz CT molecular complexity index is 55.8. The topological polar surface area (TPSA) is 59.6 Å². The molecule has 0 aliphatic carbocycles. The summed E-state index contributed by atoms with van der Waals surface area (Å²) in [5, 5.41) is 2.57. The fourth-order valence-corrected chi connectivity index (χ4v) is 0.227. The Kier molecular flexibility index (Phi) is 1.60. The van der Waals surface area contributed by atoms with Crippen LogP contribution in [0.1, 0.15) is 6.42 Å². The molecule has 6 heavy (non-hydrogen) atoms. The van der Waals surface area contributed by atoms with Crippen molar-refractivity contribution in [3.05, 3.63) is 0 Å². The summed E-state index contributed by atoms with van der Waals surface area (Å²) < 4.78 is 0. The van der Waals surface area contributed by atoms with E-state index in [1.165, 1.54) is 0 Å². The van der Waals surface area contributed by atoms with Gasteiger partial charge in [-0.25, -0.2) is 0 Å². The van der Waals surface area contributed by atoms with E-state index in [1.54, 1.807) is 0 Å². The van der Waals surface area contributed by atoms with Crippen molar-refractivity contribution in [3.8, 4) is 0 Å². The second-order valence-corrected chi connectivity index (χ2v) is 1.10. The van der Waals surface area contributed by atoms with Crippen LogP contribution >= 0.6 is 0 Å². The predicted molar refractivity (Wildman–Crippen MR) is 19.8 cm³/mol. The van der Waals surface area contributed by atoms with E-state index < -0.39 is 0 Å². The average Bonchev–Trinajstić information content (AvgIpc) is 1.30. The van der Waals surface area contributed by atoms with Gasteiger partial charge in [-0.1, -0.05) is 0 Å². The Hall–Kier alpha value is -0.570. The van der Waals surface area contributed by atoms with E-state index in [4.69, 9.17) is 0 Å². The first-order valence-electron chi connectivity index (χ1n) is 1.66. The third-order valence-electron chi connectivity index (χ3n) is 0.674. The molecule has 0 spiro atoms. The molecular weight excluding hydrogens is 80.0 g/mol. The maximum Gasteiger partial charge on any atom is 0.221 e. The van der Waals surface area contributed by atoms with Crippen molar-refractivity contribution in [1.29, 1.82) is 0 Å². The van der Waals surface area contributed by atoms with Gasteiger partial charge in [-0.3, -0.25) is 4.79 Å². The van der Waals surface area contributed by atoms with E-state index in [0.717, 1.165) is 13.0 Å². The molecule has 1 aliphatic rings. The monoisotopic (exact) mass is 85.0 g/mol. The normalized spacial score (nSPS) is 17.0. The summed E-state index contributed by atoms with van der Waals surface area (Å²) in [4.78, 5) is 9.79. The Morgan fingerprint density at radius 1 is 1.67 bits per heavy atom. The maximum absolute atomic E-state index is 9.79. The Morgan fingerprint density at radius 2 is 2.00 bits per heavy atom. The smallest absolute Gasteiger partial charge is 0.221 e. The number of rotatable bonds is 0. The molecule has 0 aromatic rings. The van der Waals surface area contributed by atoms with Crippen LogP contribution in [0.4, 0.5) is 0 Å². The lowest BCUT2D eigenvalue weighted by molar-refractivity contribution is -0.125. The first-order valence-corrected chi connectivity index (χ1v) is 1.66. The molecule has 3 heteroatoms. The summed E-state index contributed by atoms with van der Waals surface area (Å²) in [5.41, 5.74) is 0. The molecule has 33 valence electrons. The lowest BCUT2D eigenvalue weighted by Gasteiger charge is -2.10. The molecule has 0 bridgehead atoms. The number of amides is 1. The third kappa shape index (κ3) is 0.687. The second-order valence-electron chi connectivity index (χ2n) is 1.10. The molecule has 0 aromatic heterocycles.